The number of carbonyl (C=O) groups excluding carboxylic acids is 2. The normalized spacial score (nSPS) is 20.5. The van der Waals surface area contributed by atoms with Gasteiger partial charge in [-0.2, -0.15) is 0 Å². The van der Waals surface area contributed by atoms with Gasteiger partial charge in [0.05, 0.1) is 11.4 Å². The summed E-state index contributed by atoms with van der Waals surface area (Å²) in [5.41, 5.74) is 3.47. The van der Waals surface area contributed by atoms with E-state index < -0.39 is 5.54 Å². The fraction of sp³-hybridized carbons (Fsp3) is 0.217. The first-order valence-electron chi connectivity index (χ1n) is 9.51. The molecular weight excluding hydrogens is 350 g/mol. The quantitative estimate of drug-likeness (QED) is 0.703. The maximum Gasteiger partial charge on any atom is 0.264 e. The number of para-hydroxylation sites is 2. The summed E-state index contributed by atoms with van der Waals surface area (Å²) >= 11 is 0. The molecule has 2 aromatic carbocycles. The fourth-order valence-electron chi connectivity index (χ4n) is 4.94. The first-order valence-corrected chi connectivity index (χ1v) is 9.51. The number of nitrogens with zero attached hydrogens (tertiary/aromatic N) is 2. The van der Waals surface area contributed by atoms with Crippen molar-refractivity contribution in [3.63, 3.8) is 0 Å². The van der Waals surface area contributed by atoms with Crippen molar-refractivity contribution in [2.75, 3.05) is 18.0 Å². The molecule has 1 N–H and O–H groups in total. The fourth-order valence-corrected chi connectivity index (χ4v) is 4.94. The SMILES string of the molecule is C=CCN1C(=O)[C@]2(c3ccccc31)c1[nH]c3ccccc3c1CCN2C(C)=O. The number of aromatic nitrogens is 1. The molecule has 1 atom stereocenters. The number of hydrogen-bond acceptors (Lipinski definition) is 2. The third-order valence-electron chi connectivity index (χ3n) is 6.00. The van der Waals surface area contributed by atoms with E-state index >= 15 is 0 Å². The highest BCUT2D eigenvalue weighted by atomic mass is 16.2. The van der Waals surface area contributed by atoms with Gasteiger partial charge < -0.3 is 14.8 Å². The van der Waals surface area contributed by atoms with Gasteiger partial charge in [-0.3, -0.25) is 9.59 Å². The van der Waals surface area contributed by atoms with Crippen LogP contribution in [0.25, 0.3) is 10.9 Å². The van der Waals surface area contributed by atoms with Crippen molar-refractivity contribution in [2.45, 2.75) is 18.9 Å². The largest absolute Gasteiger partial charge is 0.355 e. The maximum absolute atomic E-state index is 13.9. The molecule has 2 aliphatic rings. The van der Waals surface area contributed by atoms with Crippen LogP contribution in [0.1, 0.15) is 23.7 Å². The van der Waals surface area contributed by atoms with E-state index in [1.54, 1.807) is 22.8 Å². The zero-order valence-electron chi connectivity index (χ0n) is 15.7. The van der Waals surface area contributed by atoms with Crippen LogP contribution in [0.5, 0.6) is 0 Å². The Bertz CT molecular complexity index is 1150. The van der Waals surface area contributed by atoms with Gasteiger partial charge in [0.2, 0.25) is 5.91 Å². The minimum absolute atomic E-state index is 0.101. The minimum atomic E-state index is -1.15. The minimum Gasteiger partial charge on any atom is -0.355 e. The van der Waals surface area contributed by atoms with E-state index in [4.69, 9.17) is 0 Å². The zero-order valence-corrected chi connectivity index (χ0v) is 15.7. The molecular formula is C23H21N3O2. The zero-order chi connectivity index (χ0) is 19.5. The molecule has 5 rings (SSSR count). The van der Waals surface area contributed by atoms with Gasteiger partial charge in [0.15, 0.2) is 5.54 Å². The lowest BCUT2D eigenvalue weighted by atomic mass is 9.80. The van der Waals surface area contributed by atoms with Crippen molar-refractivity contribution < 1.29 is 9.59 Å². The van der Waals surface area contributed by atoms with E-state index in [9.17, 15) is 9.59 Å². The Morgan fingerprint density at radius 2 is 1.96 bits per heavy atom. The van der Waals surface area contributed by atoms with E-state index in [1.165, 1.54) is 0 Å². The third-order valence-corrected chi connectivity index (χ3v) is 6.00. The van der Waals surface area contributed by atoms with Crippen LogP contribution in [0.3, 0.4) is 0 Å². The summed E-state index contributed by atoms with van der Waals surface area (Å²) in [6.45, 7) is 6.27. The Morgan fingerprint density at radius 3 is 2.75 bits per heavy atom. The van der Waals surface area contributed by atoms with Crippen LogP contribution in [0.15, 0.2) is 61.2 Å². The molecule has 0 aliphatic carbocycles. The molecule has 0 radical (unpaired) electrons. The lowest BCUT2D eigenvalue weighted by Gasteiger charge is -2.43. The van der Waals surface area contributed by atoms with Gasteiger partial charge in [-0.1, -0.05) is 42.5 Å². The molecule has 2 aliphatic heterocycles. The van der Waals surface area contributed by atoms with Crippen molar-refractivity contribution in [3.05, 3.63) is 78.0 Å². The second kappa shape index (κ2) is 5.83. The Balaban J connectivity index is 1.89. The number of carbonyl (C=O) groups is 2. The predicted molar refractivity (Wildman–Crippen MR) is 109 cm³/mol. The van der Waals surface area contributed by atoms with Crippen molar-refractivity contribution in [3.8, 4) is 0 Å². The molecule has 5 nitrogen and oxygen atoms in total. The van der Waals surface area contributed by atoms with E-state index in [-0.39, 0.29) is 11.8 Å². The summed E-state index contributed by atoms with van der Waals surface area (Å²) in [6.07, 6.45) is 2.44. The molecule has 1 aromatic heterocycles. The number of aromatic amines is 1. The van der Waals surface area contributed by atoms with Crippen LogP contribution in [0.4, 0.5) is 5.69 Å². The van der Waals surface area contributed by atoms with Crippen LogP contribution in [-0.4, -0.2) is 34.8 Å². The molecule has 0 saturated carbocycles. The number of nitrogens with one attached hydrogen (secondary N) is 1. The molecule has 5 heteroatoms. The standard InChI is InChI=1S/C23H21N3O2/c1-3-13-25-20-11-7-5-9-18(20)23(22(25)28)21-17(12-14-26(23)15(2)27)16-8-4-6-10-19(16)24-21/h3-11,24H,1,12-14H2,2H3/t23-/m0/s1. The molecule has 3 aromatic rings. The van der Waals surface area contributed by atoms with E-state index in [0.29, 0.717) is 13.1 Å². The molecule has 0 fully saturated rings. The predicted octanol–water partition coefficient (Wildman–Crippen LogP) is 3.35. The number of anilines is 1. The second-order valence-electron chi connectivity index (χ2n) is 7.38. The summed E-state index contributed by atoms with van der Waals surface area (Å²) in [5, 5.41) is 1.12. The number of amides is 2. The van der Waals surface area contributed by atoms with Gasteiger partial charge in [-0.15, -0.1) is 6.58 Å². The number of H-pyrrole nitrogens is 1. The Morgan fingerprint density at radius 1 is 1.21 bits per heavy atom. The second-order valence-corrected chi connectivity index (χ2v) is 7.38. The van der Waals surface area contributed by atoms with Gasteiger partial charge in [-0.25, -0.2) is 0 Å². The van der Waals surface area contributed by atoms with Crippen LogP contribution >= 0.6 is 0 Å². The molecule has 0 bridgehead atoms. The number of fused-ring (bicyclic) bond motifs is 6. The molecule has 140 valence electrons. The van der Waals surface area contributed by atoms with Crippen LogP contribution in [-0.2, 0) is 21.5 Å². The van der Waals surface area contributed by atoms with Gasteiger partial charge in [0, 0.05) is 36.5 Å². The summed E-state index contributed by atoms with van der Waals surface area (Å²) in [4.78, 5) is 33.6. The molecule has 3 heterocycles. The number of hydrogen-bond donors (Lipinski definition) is 1. The molecule has 0 unspecified atom stereocenters. The summed E-state index contributed by atoms with van der Waals surface area (Å²) < 4.78 is 0. The van der Waals surface area contributed by atoms with Crippen LogP contribution in [0.2, 0.25) is 0 Å². The molecule has 28 heavy (non-hydrogen) atoms. The first kappa shape index (κ1) is 16.8. The van der Waals surface area contributed by atoms with Crippen molar-refractivity contribution in [2.24, 2.45) is 0 Å². The molecule has 1 spiro atoms. The van der Waals surface area contributed by atoms with Gasteiger partial charge in [-0.05, 0) is 24.1 Å². The molecule has 2 amide bonds. The Labute approximate surface area is 163 Å². The van der Waals surface area contributed by atoms with Crippen molar-refractivity contribution in [1.82, 2.24) is 9.88 Å². The Hall–Kier alpha value is -3.34. The lowest BCUT2D eigenvalue weighted by molar-refractivity contribution is -0.143. The average molecular weight is 371 g/mol. The monoisotopic (exact) mass is 371 g/mol. The number of rotatable bonds is 2. The van der Waals surface area contributed by atoms with Gasteiger partial charge in [0.25, 0.3) is 5.91 Å². The van der Waals surface area contributed by atoms with Crippen molar-refractivity contribution in [1.29, 1.82) is 0 Å². The summed E-state index contributed by atoms with van der Waals surface area (Å²) in [7, 11) is 0. The van der Waals surface area contributed by atoms with Crippen LogP contribution in [0, 0.1) is 0 Å². The smallest absolute Gasteiger partial charge is 0.264 e. The highest BCUT2D eigenvalue weighted by Crippen LogP contribution is 2.51. The van der Waals surface area contributed by atoms with Gasteiger partial charge in [0.1, 0.15) is 0 Å². The first-order chi connectivity index (χ1) is 13.6. The maximum atomic E-state index is 13.9. The highest BCUT2D eigenvalue weighted by Gasteiger charge is 2.59. The Kier molecular flexibility index (Phi) is 3.50. The highest BCUT2D eigenvalue weighted by molar-refractivity contribution is 6.12. The van der Waals surface area contributed by atoms with E-state index in [1.807, 2.05) is 42.5 Å². The number of benzene rings is 2. The van der Waals surface area contributed by atoms with Crippen LogP contribution < -0.4 is 4.90 Å². The molecule has 0 saturated heterocycles. The van der Waals surface area contributed by atoms with E-state index in [2.05, 4.69) is 17.6 Å². The van der Waals surface area contributed by atoms with Crippen molar-refractivity contribution >= 4 is 28.4 Å². The van der Waals surface area contributed by atoms with Gasteiger partial charge >= 0.3 is 0 Å². The van der Waals surface area contributed by atoms with E-state index in [0.717, 1.165) is 39.8 Å². The summed E-state index contributed by atoms with van der Waals surface area (Å²) in [5.74, 6) is -0.204. The average Bonchev–Trinajstić information content (AvgIpc) is 3.19. The summed E-state index contributed by atoms with van der Waals surface area (Å²) in [6, 6.07) is 15.9. The lowest BCUT2D eigenvalue weighted by Crippen LogP contribution is -2.58. The third kappa shape index (κ3) is 1.91. The topological polar surface area (TPSA) is 56.4 Å².